The highest BCUT2D eigenvalue weighted by molar-refractivity contribution is 7.99. The van der Waals surface area contributed by atoms with Crippen LogP contribution in [0.3, 0.4) is 0 Å². The van der Waals surface area contributed by atoms with E-state index in [9.17, 15) is 0 Å². The van der Waals surface area contributed by atoms with Gasteiger partial charge in [-0.05, 0) is 51.6 Å². The lowest BCUT2D eigenvalue weighted by molar-refractivity contribution is 0.609. The fraction of sp³-hybridized carbons (Fsp3) is 0.0732. The molecule has 1 aliphatic rings. The zero-order valence-electron chi connectivity index (χ0n) is 24.7. The van der Waals surface area contributed by atoms with Crippen LogP contribution in [0.2, 0.25) is 0 Å². The molecule has 0 spiro atoms. The lowest BCUT2D eigenvalue weighted by Gasteiger charge is -2.36. The minimum absolute atomic E-state index is 0.0759. The molecule has 7 aromatic rings. The number of rotatable bonds is 4. The molecule has 0 atom stereocenters. The molecular formula is C41H30N2S. The third-order valence-electron chi connectivity index (χ3n) is 8.75. The number of benzene rings is 6. The first-order chi connectivity index (χ1) is 21.6. The monoisotopic (exact) mass is 582 g/mol. The van der Waals surface area contributed by atoms with Gasteiger partial charge in [-0.3, -0.25) is 0 Å². The van der Waals surface area contributed by atoms with E-state index >= 15 is 0 Å². The third kappa shape index (κ3) is 4.52. The molecule has 6 aromatic carbocycles. The molecule has 2 nitrogen and oxygen atoms in total. The van der Waals surface area contributed by atoms with Gasteiger partial charge in [-0.15, -0.1) is 0 Å². The number of hydrogen-bond donors (Lipinski definition) is 0. The van der Waals surface area contributed by atoms with Crippen molar-refractivity contribution in [1.29, 1.82) is 0 Å². The highest BCUT2D eigenvalue weighted by Crippen LogP contribution is 2.52. The summed E-state index contributed by atoms with van der Waals surface area (Å²) in [6.45, 7) is 4.71. The van der Waals surface area contributed by atoms with Crippen molar-refractivity contribution >= 4 is 22.7 Å². The smallest absolute Gasteiger partial charge is 0.160 e. The summed E-state index contributed by atoms with van der Waals surface area (Å²) in [6, 6.07) is 51.7. The van der Waals surface area contributed by atoms with Crippen LogP contribution in [0.5, 0.6) is 0 Å². The van der Waals surface area contributed by atoms with Crippen LogP contribution in [0, 0.1) is 0 Å². The van der Waals surface area contributed by atoms with Crippen molar-refractivity contribution in [2.75, 3.05) is 0 Å². The quantitative estimate of drug-likeness (QED) is 0.206. The summed E-state index contributed by atoms with van der Waals surface area (Å²) in [6.07, 6.45) is 0. The van der Waals surface area contributed by atoms with Gasteiger partial charge in [0.1, 0.15) is 0 Å². The van der Waals surface area contributed by atoms with Gasteiger partial charge < -0.3 is 0 Å². The van der Waals surface area contributed by atoms with Crippen LogP contribution >= 0.6 is 11.8 Å². The lowest BCUT2D eigenvalue weighted by atomic mass is 9.74. The van der Waals surface area contributed by atoms with E-state index in [1.807, 2.05) is 30.0 Å². The third-order valence-corrected chi connectivity index (χ3v) is 9.89. The Morgan fingerprint density at radius 2 is 1.09 bits per heavy atom. The Balaban J connectivity index is 1.12. The number of para-hydroxylation sites is 1. The second kappa shape index (κ2) is 10.6. The van der Waals surface area contributed by atoms with Crippen LogP contribution in [0.4, 0.5) is 0 Å². The number of fused-ring (bicyclic) bond motifs is 3. The Bertz CT molecular complexity index is 2150. The summed E-state index contributed by atoms with van der Waals surface area (Å²) in [5, 5.41) is 1.06. The van der Waals surface area contributed by atoms with Gasteiger partial charge in [0.2, 0.25) is 0 Å². The van der Waals surface area contributed by atoms with E-state index in [1.165, 1.54) is 43.2 Å². The summed E-state index contributed by atoms with van der Waals surface area (Å²) in [5.74, 6) is 0.736. The zero-order valence-corrected chi connectivity index (χ0v) is 25.5. The molecule has 8 rings (SSSR count). The number of aromatic nitrogens is 2. The van der Waals surface area contributed by atoms with Crippen LogP contribution in [0.15, 0.2) is 155 Å². The molecule has 0 aliphatic carbocycles. The molecule has 0 amide bonds. The van der Waals surface area contributed by atoms with Crippen LogP contribution in [0.25, 0.3) is 55.8 Å². The van der Waals surface area contributed by atoms with Gasteiger partial charge in [0.15, 0.2) is 5.82 Å². The van der Waals surface area contributed by atoms with E-state index in [2.05, 4.69) is 141 Å². The fourth-order valence-electron chi connectivity index (χ4n) is 6.50. The van der Waals surface area contributed by atoms with Gasteiger partial charge in [0.05, 0.1) is 11.2 Å². The van der Waals surface area contributed by atoms with Crippen LogP contribution in [0.1, 0.15) is 25.0 Å². The molecule has 0 unspecified atom stereocenters. The van der Waals surface area contributed by atoms with Crippen molar-refractivity contribution in [3.05, 3.63) is 157 Å². The van der Waals surface area contributed by atoms with E-state index < -0.39 is 0 Å². The predicted molar refractivity (Wildman–Crippen MR) is 184 cm³/mol. The predicted octanol–water partition coefficient (Wildman–Crippen LogP) is 11.1. The van der Waals surface area contributed by atoms with Crippen molar-refractivity contribution < 1.29 is 0 Å². The van der Waals surface area contributed by atoms with Gasteiger partial charge >= 0.3 is 0 Å². The molecule has 0 bridgehead atoms. The molecule has 210 valence electrons. The molecule has 1 aromatic heterocycles. The molecular weight excluding hydrogens is 553 g/mol. The van der Waals surface area contributed by atoms with Gasteiger partial charge in [0, 0.05) is 31.7 Å². The molecule has 0 saturated heterocycles. The van der Waals surface area contributed by atoms with Crippen molar-refractivity contribution in [3.63, 3.8) is 0 Å². The maximum Gasteiger partial charge on any atom is 0.160 e. The lowest BCUT2D eigenvalue weighted by Crippen LogP contribution is -2.24. The summed E-state index contributed by atoms with van der Waals surface area (Å²) < 4.78 is 0. The zero-order chi connectivity index (χ0) is 29.7. The first-order valence-electron chi connectivity index (χ1n) is 15.0. The molecule has 2 heterocycles. The fourth-order valence-corrected chi connectivity index (χ4v) is 7.93. The van der Waals surface area contributed by atoms with Crippen molar-refractivity contribution in [1.82, 2.24) is 9.97 Å². The van der Waals surface area contributed by atoms with E-state index in [-0.39, 0.29) is 5.41 Å². The SMILES string of the molecule is CC1(C)c2ccccc2Sc2cccc(-c3ccc(-c4ccc(-c5nc(-c6ccccc6)c6ccccc6n5)cc4)cc3)c21. The Morgan fingerprint density at radius 3 is 1.86 bits per heavy atom. The van der Waals surface area contributed by atoms with Gasteiger partial charge in [-0.2, -0.15) is 0 Å². The first kappa shape index (κ1) is 26.6. The van der Waals surface area contributed by atoms with Gasteiger partial charge in [0.25, 0.3) is 0 Å². The molecule has 44 heavy (non-hydrogen) atoms. The summed E-state index contributed by atoms with van der Waals surface area (Å²) in [4.78, 5) is 12.7. The van der Waals surface area contributed by atoms with E-state index in [0.717, 1.165) is 33.5 Å². The van der Waals surface area contributed by atoms with Gasteiger partial charge in [-0.25, -0.2) is 9.97 Å². The normalized spacial score (nSPS) is 13.3. The number of nitrogens with zero attached hydrogens (tertiary/aromatic N) is 2. The highest BCUT2D eigenvalue weighted by atomic mass is 32.2. The van der Waals surface area contributed by atoms with E-state index in [4.69, 9.17) is 9.97 Å². The minimum atomic E-state index is -0.0759. The molecule has 3 heteroatoms. The molecule has 0 fully saturated rings. The summed E-state index contributed by atoms with van der Waals surface area (Å²) in [5.41, 5.74) is 11.6. The Morgan fingerprint density at radius 1 is 0.477 bits per heavy atom. The van der Waals surface area contributed by atoms with Crippen molar-refractivity contribution in [3.8, 4) is 44.9 Å². The van der Waals surface area contributed by atoms with Crippen molar-refractivity contribution in [2.45, 2.75) is 29.1 Å². The molecule has 0 N–H and O–H groups in total. The maximum absolute atomic E-state index is 5.04. The molecule has 0 saturated carbocycles. The molecule has 1 aliphatic heterocycles. The summed E-state index contributed by atoms with van der Waals surface area (Å²) >= 11 is 1.88. The average Bonchev–Trinajstić information content (AvgIpc) is 3.08. The van der Waals surface area contributed by atoms with E-state index in [0.29, 0.717) is 0 Å². The standard InChI is InChI=1S/C41H30N2S/c1-41(2)34-15-7-9-17-36(34)44-37-18-10-14-32(38(37)41)29-23-19-27(20-24-29)28-21-25-31(26-22-28)40-42-35-16-8-6-13-33(35)39(43-40)30-11-4-3-5-12-30/h3-26H,1-2H3. The highest BCUT2D eigenvalue weighted by Gasteiger charge is 2.35. The largest absolute Gasteiger partial charge is 0.228 e. The topological polar surface area (TPSA) is 25.8 Å². The Hall–Kier alpha value is -4.99. The van der Waals surface area contributed by atoms with Crippen LogP contribution in [-0.4, -0.2) is 9.97 Å². The Labute approximate surface area is 262 Å². The maximum atomic E-state index is 5.04. The molecule has 0 radical (unpaired) electrons. The second-order valence-corrected chi connectivity index (χ2v) is 12.9. The minimum Gasteiger partial charge on any atom is -0.228 e. The van der Waals surface area contributed by atoms with E-state index in [1.54, 1.807) is 0 Å². The van der Waals surface area contributed by atoms with Crippen molar-refractivity contribution in [2.24, 2.45) is 0 Å². The number of hydrogen-bond acceptors (Lipinski definition) is 3. The average molecular weight is 583 g/mol. The summed E-state index contributed by atoms with van der Waals surface area (Å²) in [7, 11) is 0. The Kier molecular flexibility index (Phi) is 6.43. The van der Waals surface area contributed by atoms with Crippen LogP contribution < -0.4 is 0 Å². The van der Waals surface area contributed by atoms with Crippen LogP contribution in [-0.2, 0) is 5.41 Å². The first-order valence-corrected chi connectivity index (χ1v) is 15.8. The second-order valence-electron chi connectivity index (χ2n) is 11.8. The van der Waals surface area contributed by atoms with Gasteiger partial charge in [-0.1, -0.05) is 153 Å².